The van der Waals surface area contributed by atoms with Gasteiger partial charge in [-0.05, 0) is 22.0 Å². The van der Waals surface area contributed by atoms with Crippen LogP contribution in [-0.4, -0.2) is 10.1 Å². The molecule has 48 valence electrons. The van der Waals surface area contributed by atoms with Crippen molar-refractivity contribution in [3.63, 3.8) is 0 Å². The first-order chi connectivity index (χ1) is 4.34. The molecular formula is C6H6BrNO. The smallest absolute Gasteiger partial charge is 0.111 e. The SMILES string of the molecule is OCc1cccnc1Br. The molecule has 0 bridgehead atoms. The lowest BCUT2D eigenvalue weighted by Crippen LogP contribution is -1.85. The molecule has 0 aliphatic rings. The number of halogens is 1. The van der Waals surface area contributed by atoms with E-state index in [9.17, 15) is 0 Å². The molecule has 3 heteroatoms. The van der Waals surface area contributed by atoms with Gasteiger partial charge in [0.2, 0.25) is 0 Å². The predicted octanol–water partition coefficient (Wildman–Crippen LogP) is 1.34. The minimum absolute atomic E-state index is 0.0361. The van der Waals surface area contributed by atoms with Crippen molar-refractivity contribution < 1.29 is 5.11 Å². The van der Waals surface area contributed by atoms with Crippen LogP contribution in [0.4, 0.5) is 0 Å². The van der Waals surface area contributed by atoms with Gasteiger partial charge in [-0.2, -0.15) is 0 Å². The zero-order valence-electron chi connectivity index (χ0n) is 4.71. The van der Waals surface area contributed by atoms with Crippen LogP contribution in [0.1, 0.15) is 5.56 Å². The maximum atomic E-state index is 8.65. The fraction of sp³-hybridized carbons (Fsp3) is 0.167. The second kappa shape index (κ2) is 2.94. The average Bonchev–Trinajstić information content (AvgIpc) is 1.89. The van der Waals surface area contributed by atoms with Crippen molar-refractivity contribution in [2.45, 2.75) is 6.61 Å². The van der Waals surface area contributed by atoms with Gasteiger partial charge in [0.1, 0.15) is 4.60 Å². The van der Waals surface area contributed by atoms with Crippen molar-refractivity contribution >= 4 is 15.9 Å². The third-order valence-corrected chi connectivity index (χ3v) is 1.72. The largest absolute Gasteiger partial charge is 0.392 e. The molecule has 0 aromatic carbocycles. The minimum atomic E-state index is 0.0361. The number of aromatic nitrogens is 1. The molecule has 1 N–H and O–H groups in total. The number of hydrogen-bond acceptors (Lipinski definition) is 2. The number of hydrogen-bond donors (Lipinski definition) is 1. The Morgan fingerprint density at radius 3 is 2.89 bits per heavy atom. The van der Waals surface area contributed by atoms with E-state index in [2.05, 4.69) is 20.9 Å². The van der Waals surface area contributed by atoms with Crippen LogP contribution in [-0.2, 0) is 6.61 Å². The molecule has 0 atom stereocenters. The Morgan fingerprint density at radius 1 is 1.67 bits per heavy atom. The maximum absolute atomic E-state index is 8.65. The van der Waals surface area contributed by atoms with Gasteiger partial charge in [-0.15, -0.1) is 0 Å². The predicted molar refractivity (Wildman–Crippen MR) is 37.9 cm³/mol. The summed E-state index contributed by atoms with van der Waals surface area (Å²) >= 11 is 3.19. The fourth-order valence-electron chi connectivity index (χ4n) is 0.537. The van der Waals surface area contributed by atoms with Gasteiger partial charge in [-0.3, -0.25) is 0 Å². The summed E-state index contributed by atoms with van der Waals surface area (Å²) in [6, 6.07) is 3.60. The van der Waals surface area contributed by atoms with E-state index in [4.69, 9.17) is 5.11 Å². The van der Waals surface area contributed by atoms with Crippen molar-refractivity contribution in [2.75, 3.05) is 0 Å². The molecule has 0 saturated heterocycles. The Labute approximate surface area is 61.7 Å². The Balaban J connectivity index is 3.01. The third-order valence-electron chi connectivity index (χ3n) is 1.01. The molecule has 0 unspecified atom stereocenters. The summed E-state index contributed by atoms with van der Waals surface area (Å²) in [5.41, 5.74) is 0.817. The number of nitrogens with zero attached hydrogens (tertiary/aromatic N) is 1. The van der Waals surface area contributed by atoms with Gasteiger partial charge in [0.25, 0.3) is 0 Å². The van der Waals surface area contributed by atoms with Crippen molar-refractivity contribution in [3.8, 4) is 0 Å². The first-order valence-corrected chi connectivity index (χ1v) is 3.34. The highest BCUT2D eigenvalue weighted by Gasteiger charge is 1.94. The van der Waals surface area contributed by atoms with E-state index in [1.807, 2.05) is 6.07 Å². The van der Waals surface area contributed by atoms with E-state index in [0.717, 1.165) is 5.56 Å². The summed E-state index contributed by atoms with van der Waals surface area (Å²) in [7, 11) is 0. The molecule has 0 radical (unpaired) electrons. The summed E-state index contributed by atoms with van der Waals surface area (Å²) < 4.78 is 0.715. The Hall–Kier alpha value is -0.410. The highest BCUT2D eigenvalue weighted by Crippen LogP contribution is 2.11. The summed E-state index contributed by atoms with van der Waals surface area (Å²) in [6.45, 7) is 0.0361. The second-order valence-electron chi connectivity index (χ2n) is 1.61. The van der Waals surface area contributed by atoms with Crippen molar-refractivity contribution in [1.29, 1.82) is 0 Å². The topological polar surface area (TPSA) is 33.1 Å². The number of aliphatic hydroxyl groups is 1. The van der Waals surface area contributed by atoms with E-state index < -0.39 is 0 Å². The van der Waals surface area contributed by atoms with E-state index in [1.165, 1.54) is 0 Å². The lowest BCUT2D eigenvalue weighted by atomic mass is 10.3. The lowest BCUT2D eigenvalue weighted by Gasteiger charge is -1.95. The molecule has 9 heavy (non-hydrogen) atoms. The Morgan fingerprint density at radius 2 is 2.44 bits per heavy atom. The minimum Gasteiger partial charge on any atom is -0.392 e. The molecule has 1 aromatic heterocycles. The zero-order valence-corrected chi connectivity index (χ0v) is 6.30. The molecule has 1 aromatic rings. The van der Waals surface area contributed by atoms with Crippen LogP contribution in [0.25, 0.3) is 0 Å². The van der Waals surface area contributed by atoms with Crippen molar-refractivity contribution in [3.05, 3.63) is 28.5 Å². The van der Waals surface area contributed by atoms with Gasteiger partial charge in [-0.25, -0.2) is 4.98 Å². The van der Waals surface area contributed by atoms with Crippen LogP contribution in [0, 0.1) is 0 Å². The summed E-state index contributed by atoms with van der Waals surface area (Å²) in [5, 5.41) is 8.65. The molecule has 0 saturated carbocycles. The van der Waals surface area contributed by atoms with Gasteiger partial charge in [-0.1, -0.05) is 6.07 Å². The molecular weight excluding hydrogens is 182 g/mol. The van der Waals surface area contributed by atoms with Crippen LogP contribution >= 0.6 is 15.9 Å². The van der Waals surface area contributed by atoms with Gasteiger partial charge in [0.15, 0.2) is 0 Å². The second-order valence-corrected chi connectivity index (χ2v) is 2.36. The first-order valence-electron chi connectivity index (χ1n) is 2.55. The van der Waals surface area contributed by atoms with E-state index in [-0.39, 0.29) is 6.61 Å². The van der Waals surface area contributed by atoms with Crippen LogP contribution in [0.15, 0.2) is 22.9 Å². The van der Waals surface area contributed by atoms with E-state index in [0.29, 0.717) is 4.60 Å². The van der Waals surface area contributed by atoms with Crippen LogP contribution in [0.5, 0.6) is 0 Å². The fourth-order valence-corrected chi connectivity index (χ4v) is 0.913. The average molecular weight is 188 g/mol. The Kier molecular flexibility index (Phi) is 2.19. The molecule has 0 spiro atoms. The van der Waals surface area contributed by atoms with Gasteiger partial charge in [0.05, 0.1) is 6.61 Å². The van der Waals surface area contributed by atoms with Crippen molar-refractivity contribution in [1.82, 2.24) is 4.98 Å². The van der Waals surface area contributed by atoms with Crippen LogP contribution < -0.4 is 0 Å². The quantitative estimate of drug-likeness (QED) is 0.674. The molecule has 0 amide bonds. The normalized spacial score (nSPS) is 9.56. The maximum Gasteiger partial charge on any atom is 0.111 e. The first kappa shape index (κ1) is 6.71. The summed E-state index contributed by atoms with van der Waals surface area (Å²) in [5.74, 6) is 0. The van der Waals surface area contributed by atoms with Crippen LogP contribution in [0.3, 0.4) is 0 Å². The molecule has 1 heterocycles. The molecule has 0 fully saturated rings. The molecule has 2 nitrogen and oxygen atoms in total. The standard InChI is InChI=1S/C6H6BrNO/c7-6-5(4-9)2-1-3-8-6/h1-3,9H,4H2. The molecule has 0 aliphatic carbocycles. The highest BCUT2D eigenvalue weighted by molar-refractivity contribution is 9.10. The van der Waals surface area contributed by atoms with Gasteiger partial charge >= 0.3 is 0 Å². The summed E-state index contributed by atoms with van der Waals surface area (Å²) in [4.78, 5) is 3.91. The zero-order chi connectivity index (χ0) is 6.69. The van der Waals surface area contributed by atoms with Gasteiger partial charge < -0.3 is 5.11 Å². The Bertz CT molecular complexity index is 202. The van der Waals surface area contributed by atoms with Crippen molar-refractivity contribution in [2.24, 2.45) is 0 Å². The van der Waals surface area contributed by atoms with E-state index in [1.54, 1.807) is 12.3 Å². The number of rotatable bonds is 1. The van der Waals surface area contributed by atoms with E-state index >= 15 is 0 Å². The van der Waals surface area contributed by atoms with Gasteiger partial charge in [0, 0.05) is 11.8 Å². The lowest BCUT2D eigenvalue weighted by molar-refractivity contribution is 0.280. The third kappa shape index (κ3) is 1.50. The van der Waals surface area contributed by atoms with Crippen LogP contribution in [0.2, 0.25) is 0 Å². The highest BCUT2D eigenvalue weighted by atomic mass is 79.9. The number of aliphatic hydroxyl groups excluding tert-OH is 1. The monoisotopic (exact) mass is 187 g/mol. The molecule has 1 rings (SSSR count). The summed E-state index contributed by atoms with van der Waals surface area (Å²) in [6.07, 6.45) is 1.67. The molecule has 0 aliphatic heterocycles. The number of pyridine rings is 1.